The summed E-state index contributed by atoms with van der Waals surface area (Å²) in [4.78, 5) is 16.6. The van der Waals surface area contributed by atoms with Gasteiger partial charge in [0.25, 0.3) is 0 Å². The van der Waals surface area contributed by atoms with Crippen molar-refractivity contribution in [2.45, 2.75) is 32.9 Å². The van der Waals surface area contributed by atoms with Gasteiger partial charge in [0.1, 0.15) is 0 Å². The molecule has 126 valence electrons. The molecule has 0 saturated carbocycles. The van der Waals surface area contributed by atoms with Crippen LogP contribution in [0.25, 0.3) is 11.1 Å². The van der Waals surface area contributed by atoms with Crippen LogP contribution in [0.5, 0.6) is 0 Å². The van der Waals surface area contributed by atoms with Gasteiger partial charge in [0, 0.05) is 36.5 Å². The van der Waals surface area contributed by atoms with E-state index in [-0.39, 0.29) is 0 Å². The van der Waals surface area contributed by atoms with Crippen LogP contribution in [0.4, 0.5) is 0 Å². The summed E-state index contributed by atoms with van der Waals surface area (Å²) in [5.74, 6) is -0.669. The Morgan fingerprint density at radius 3 is 2.67 bits per heavy atom. The minimum Gasteiger partial charge on any atom is -0.467 e. The van der Waals surface area contributed by atoms with E-state index in [4.69, 9.17) is 4.74 Å². The molecule has 1 aromatic carbocycles. The van der Waals surface area contributed by atoms with E-state index in [9.17, 15) is 9.90 Å². The van der Waals surface area contributed by atoms with Crippen LogP contribution in [0.2, 0.25) is 0 Å². The first-order valence-corrected chi connectivity index (χ1v) is 8.08. The van der Waals surface area contributed by atoms with Crippen LogP contribution in [0, 0.1) is 13.8 Å². The molecule has 0 amide bonds. The van der Waals surface area contributed by atoms with E-state index in [1.54, 1.807) is 0 Å². The number of carbonyl (C=O) groups is 1. The first-order valence-electron chi connectivity index (χ1n) is 8.08. The number of nitrogens with one attached hydrogen (secondary N) is 1. The molecule has 1 aromatic heterocycles. The Morgan fingerprint density at radius 1 is 1.29 bits per heavy atom. The minimum absolute atomic E-state index is 0.535. The highest BCUT2D eigenvalue weighted by molar-refractivity contribution is 5.83. The number of ether oxygens (including phenoxy) is 1. The number of aromatic nitrogens is 1. The van der Waals surface area contributed by atoms with Crippen molar-refractivity contribution >= 4 is 5.97 Å². The van der Waals surface area contributed by atoms with Gasteiger partial charge >= 0.3 is 5.97 Å². The number of carbonyl (C=O) groups excluding carboxylic acids is 1. The monoisotopic (exact) mass is 326 g/mol. The van der Waals surface area contributed by atoms with Gasteiger partial charge in [0.15, 0.2) is 6.10 Å². The third-order valence-corrected chi connectivity index (χ3v) is 4.49. The van der Waals surface area contributed by atoms with Gasteiger partial charge in [0.2, 0.25) is 0 Å². The molecule has 0 fully saturated rings. The fourth-order valence-electron chi connectivity index (χ4n) is 3.25. The third-order valence-electron chi connectivity index (χ3n) is 4.49. The van der Waals surface area contributed by atoms with E-state index in [0.717, 1.165) is 40.9 Å². The van der Waals surface area contributed by atoms with E-state index in [1.807, 2.05) is 38.1 Å². The molecule has 0 radical (unpaired) electrons. The predicted octanol–water partition coefficient (Wildman–Crippen LogP) is 2.22. The van der Waals surface area contributed by atoms with Crippen molar-refractivity contribution in [3.63, 3.8) is 0 Å². The Hall–Kier alpha value is -2.24. The van der Waals surface area contributed by atoms with Gasteiger partial charge in [-0.05, 0) is 30.5 Å². The Labute approximate surface area is 141 Å². The summed E-state index contributed by atoms with van der Waals surface area (Å²) in [6.07, 6.45) is -0.505. The van der Waals surface area contributed by atoms with Gasteiger partial charge in [-0.1, -0.05) is 29.8 Å². The summed E-state index contributed by atoms with van der Waals surface area (Å²) >= 11 is 0. The SMILES string of the molecule is COC(=O)C(O)c1c(C)nc2c(c1-c1ccc(C)cc1)CNCC2. The number of pyridine rings is 1. The van der Waals surface area contributed by atoms with Gasteiger partial charge < -0.3 is 15.2 Å². The maximum absolute atomic E-state index is 12.0. The molecule has 0 bridgehead atoms. The molecule has 1 aliphatic heterocycles. The Morgan fingerprint density at radius 2 is 2.00 bits per heavy atom. The number of aliphatic hydroxyl groups excluding tert-OH is 1. The number of aryl methyl sites for hydroxylation is 2. The molecule has 24 heavy (non-hydrogen) atoms. The highest BCUT2D eigenvalue weighted by Crippen LogP contribution is 2.36. The lowest BCUT2D eigenvalue weighted by molar-refractivity contribution is -0.150. The standard InChI is InChI=1S/C19H22N2O3/c1-11-4-6-13(7-5-11)17-14-10-20-9-8-15(14)21-12(2)16(17)18(22)19(23)24-3/h4-7,18,20,22H,8-10H2,1-3H3. The fraction of sp³-hybridized carbons (Fsp3) is 0.368. The molecule has 2 heterocycles. The summed E-state index contributed by atoms with van der Waals surface area (Å²) in [7, 11) is 1.28. The van der Waals surface area contributed by atoms with Crippen LogP contribution in [0.1, 0.15) is 34.2 Å². The first kappa shape index (κ1) is 16.6. The van der Waals surface area contributed by atoms with Crippen molar-refractivity contribution in [1.82, 2.24) is 10.3 Å². The van der Waals surface area contributed by atoms with Crippen LogP contribution in [-0.2, 0) is 22.5 Å². The zero-order valence-electron chi connectivity index (χ0n) is 14.2. The second-order valence-electron chi connectivity index (χ2n) is 6.13. The Balaban J connectivity index is 2.27. The van der Waals surface area contributed by atoms with Gasteiger partial charge in [-0.25, -0.2) is 4.79 Å². The maximum atomic E-state index is 12.0. The summed E-state index contributed by atoms with van der Waals surface area (Å²) in [5, 5.41) is 13.9. The number of nitrogens with zero attached hydrogens (tertiary/aromatic N) is 1. The second kappa shape index (κ2) is 6.71. The van der Waals surface area contributed by atoms with E-state index in [2.05, 4.69) is 10.3 Å². The molecule has 5 nitrogen and oxygen atoms in total. The molecule has 5 heteroatoms. The highest BCUT2D eigenvalue weighted by Gasteiger charge is 2.29. The number of benzene rings is 1. The summed E-state index contributed by atoms with van der Waals surface area (Å²) in [5.41, 5.74) is 6.31. The van der Waals surface area contributed by atoms with Crippen molar-refractivity contribution in [3.8, 4) is 11.1 Å². The molecular weight excluding hydrogens is 304 g/mol. The molecule has 0 spiro atoms. The van der Waals surface area contributed by atoms with Crippen molar-refractivity contribution in [2.24, 2.45) is 0 Å². The smallest absolute Gasteiger partial charge is 0.339 e. The van der Waals surface area contributed by atoms with Gasteiger partial charge in [-0.15, -0.1) is 0 Å². The quantitative estimate of drug-likeness (QED) is 0.846. The second-order valence-corrected chi connectivity index (χ2v) is 6.13. The van der Waals surface area contributed by atoms with Crippen molar-refractivity contribution in [3.05, 3.63) is 52.3 Å². The molecule has 1 atom stereocenters. The summed E-state index contributed by atoms with van der Waals surface area (Å²) < 4.78 is 4.74. The lowest BCUT2D eigenvalue weighted by atomic mass is 9.87. The number of aliphatic hydroxyl groups is 1. The average Bonchev–Trinajstić information content (AvgIpc) is 2.60. The first-order chi connectivity index (χ1) is 11.5. The molecule has 2 aromatic rings. The maximum Gasteiger partial charge on any atom is 0.339 e. The zero-order chi connectivity index (χ0) is 17.3. The van der Waals surface area contributed by atoms with Crippen LogP contribution in [0.3, 0.4) is 0 Å². The van der Waals surface area contributed by atoms with Gasteiger partial charge in [-0.2, -0.15) is 0 Å². The van der Waals surface area contributed by atoms with Crippen molar-refractivity contribution in [2.75, 3.05) is 13.7 Å². The topological polar surface area (TPSA) is 71.5 Å². The predicted molar refractivity (Wildman–Crippen MR) is 91.5 cm³/mol. The van der Waals surface area contributed by atoms with Gasteiger partial charge in [0.05, 0.1) is 7.11 Å². The number of hydrogen-bond acceptors (Lipinski definition) is 5. The molecule has 0 saturated heterocycles. The third kappa shape index (κ3) is 2.92. The minimum atomic E-state index is -1.34. The summed E-state index contributed by atoms with van der Waals surface area (Å²) in [6, 6.07) is 8.10. The summed E-state index contributed by atoms with van der Waals surface area (Å²) in [6.45, 7) is 5.42. The highest BCUT2D eigenvalue weighted by atomic mass is 16.5. The number of hydrogen-bond donors (Lipinski definition) is 2. The van der Waals surface area contributed by atoms with E-state index in [1.165, 1.54) is 7.11 Å². The lowest BCUT2D eigenvalue weighted by Crippen LogP contribution is -2.27. The largest absolute Gasteiger partial charge is 0.467 e. The van der Waals surface area contributed by atoms with Crippen LogP contribution < -0.4 is 5.32 Å². The van der Waals surface area contributed by atoms with Crippen LogP contribution in [-0.4, -0.2) is 29.7 Å². The number of rotatable bonds is 3. The van der Waals surface area contributed by atoms with Crippen LogP contribution >= 0.6 is 0 Å². The van der Waals surface area contributed by atoms with Crippen LogP contribution in [0.15, 0.2) is 24.3 Å². The lowest BCUT2D eigenvalue weighted by Gasteiger charge is -2.25. The number of methoxy groups -OCH3 is 1. The average molecular weight is 326 g/mol. The normalized spacial score (nSPS) is 14.8. The van der Waals surface area contributed by atoms with E-state index in [0.29, 0.717) is 17.8 Å². The molecule has 1 aliphatic rings. The Bertz CT molecular complexity index is 769. The van der Waals surface area contributed by atoms with Crippen molar-refractivity contribution < 1.29 is 14.6 Å². The number of esters is 1. The molecule has 0 aliphatic carbocycles. The molecule has 3 rings (SSSR count). The number of fused-ring (bicyclic) bond motifs is 1. The molecule has 2 N–H and O–H groups in total. The molecule has 1 unspecified atom stereocenters. The van der Waals surface area contributed by atoms with E-state index >= 15 is 0 Å². The van der Waals surface area contributed by atoms with E-state index < -0.39 is 12.1 Å². The molecular formula is C19H22N2O3. The Kier molecular flexibility index (Phi) is 4.64. The fourth-order valence-corrected chi connectivity index (χ4v) is 3.25. The van der Waals surface area contributed by atoms with Gasteiger partial charge in [-0.3, -0.25) is 4.98 Å². The zero-order valence-corrected chi connectivity index (χ0v) is 14.2. The van der Waals surface area contributed by atoms with Crippen molar-refractivity contribution in [1.29, 1.82) is 0 Å².